The highest BCUT2D eigenvalue weighted by Crippen LogP contribution is 2.22. The first-order valence-electron chi connectivity index (χ1n) is 5.64. The summed E-state index contributed by atoms with van der Waals surface area (Å²) in [5.41, 5.74) is 0.297. The number of rotatable bonds is 4. The Balaban J connectivity index is 1.69. The fourth-order valence-corrected chi connectivity index (χ4v) is 3.20. The van der Waals surface area contributed by atoms with E-state index in [4.69, 9.17) is 0 Å². The van der Waals surface area contributed by atoms with E-state index in [1.165, 1.54) is 11.1 Å². The number of thiophene rings is 1. The molecular weight excluding hydrogens is 330 g/mol. The van der Waals surface area contributed by atoms with Crippen LogP contribution < -0.4 is 10.9 Å². The molecule has 98 valence electrons. The number of H-pyrrole nitrogens is 2. The van der Waals surface area contributed by atoms with Gasteiger partial charge in [-0.15, -0.1) is 11.3 Å². The Morgan fingerprint density at radius 1 is 1.42 bits per heavy atom. The van der Waals surface area contributed by atoms with Gasteiger partial charge in [0.15, 0.2) is 5.65 Å². The van der Waals surface area contributed by atoms with Crippen molar-refractivity contribution in [1.82, 2.24) is 20.2 Å². The van der Waals surface area contributed by atoms with Gasteiger partial charge in [-0.3, -0.25) is 14.9 Å². The molecule has 3 heterocycles. The van der Waals surface area contributed by atoms with Crippen LogP contribution in [0, 0.1) is 0 Å². The van der Waals surface area contributed by atoms with Crippen molar-refractivity contribution in [3.05, 3.63) is 37.3 Å². The maximum atomic E-state index is 11.7. The number of nitrogens with one attached hydrogen (secondary N) is 3. The first kappa shape index (κ1) is 12.4. The van der Waals surface area contributed by atoms with E-state index in [2.05, 4.69) is 47.5 Å². The van der Waals surface area contributed by atoms with E-state index >= 15 is 0 Å². The van der Waals surface area contributed by atoms with Gasteiger partial charge in [0, 0.05) is 11.4 Å². The van der Waals surface area contributed by atoms with E-state index in [1.54, 1.807) is 11.3 Å². The van der Waals surface area contributed by atoms with Crippen molar-refractivity contribution in [3.8, 4) is 0 Å². The van der Waals surface area contributed by atoms with Gasteiger partial charge in [0.05, 0.1) is 9.98 Å². The van der Waals surface area contributed by atoms with Crippen molar-refractivity contribution in [2.75, 3.05) is 11.9 Å². The summed E-state index contributed by atoms with van der Waals surface area (Å²) < 4.78 is 1.12. The minimum absolute atomic E-state index is 0.194. The number of anilines is 1. The molecule has 0 saturated carbocycles. The number of aromatic amines is 2. The Kier molecular flexibility index (Phi) is 3.34. The molecule has 0 aliphatic carbocycles. The number of hydrogen-bond donors (Lipinski definition) is 3. The zero-order valence-electron chi connectivity index (χ0n) is 9.74. The summed E-state index contributed by atoms with van der Waals surface area (Å²) in [5, 5.41) is 10.0. The van der Waals surface area contributed by atoms with Crippen LogP contribution in [-0.4, -0.2) is 26.7 Å². The molecule has 0 aromatic carbocycles. The number of fused-ring (bicyclic) bond motifs is 1. The van der Waals surface area contributed by atoms with Crippen molar-refractivity contribution in [2.24, 2.45) is 0 Å². The fraction of sp³-hybridized carbons (Fsp3) is 0.182. The van der Waals surface area contributed by atoms with Gasteiger partial charge in [0.2, 0.25) is 5.95 Å². The molecule has 3 aromatic rings. The van der Waals surface area contributed by atoms with Crippen LogP contribution in [0.2, 0.25) is 0 Å². The standard InChI is InChI=1S/C11H10BrN5OS/c12-8-2-1-6(19-8)3-4-13-11-15-9-7(5-14-17-9)10(18)16-11/h1-2,5H,3-4H2,(H3,13,14,15,16,17,18). The number of nitrogens with zero attached hydrogens (tertiary/aromatic N) is 2. The van der Waals surface area contributed by atoms with Crippen molar-refractivity contribution >= 4 is 44.2 Å². The van der Waals surface area contributed by atoms with Gasteiger partial charge in [0.25, 0.3) is 5.56 Å². The second-order valence-corrected chi connectivity index (χ2v) is 6.48. The van der Waals surface area contributed by atoms with Gasteiger partial charge < -0.3 is 5.32 Å². The monoisotopic (exact) mass is 339 g/mol. The van der Waals surface area contributed by atoms with Crippen LogP contribution in [0.25, 0.3) is 11.0 Å². The topological polar surface area (TPSA) is 86.5 Å². The quantitative estimate of drug-likeness (QED) is 0.679. The third-order valence-electron chi connectivity index (χ3n) is 2.61. The molecule has 3 aromatic heterocycles. The molecule has 0 spiro atoms. The molecule has 3 N–H and O–H groups in total. The summed E-state index contributed by atoms with van der Waals surface area (Å²) in [4.78, 5) is 19.9. The maximum Gasteiger partial charge on any atom is 0.263 e. The highest BCUT2D eigenvalue weighted by molar-refractivity contribution is 9.11. The van der Waals surface area contributed by atoms with Crippen LogP contribution in [0.1, 0.15) is 4.88 Å². The van der Waals surface area contributed by atoms with Crippen LogP contribution in [-0.2, 0) is 6.42 Å². The predicted octanol–water partition coefficient (Wildman–Crippen LogP) is 2.12. The summed E-state index contributed by atoms with van der Waals surface area (Å²) in [7, 11) is 0. The summed E-state index contributed by atoms with van der Waals surface area (Å²) in [5.74, 6) is 0.456. The van der Waals surface area contributed by atoms with E-state index in [0.29, 0.717) is 23.5 Å². The van der Waals surface area contributed by atoms with E-state index < -0.39 is 0 Å². The second kappa shape index (κ2) is 5.14. The van der Waals surface area contributed by atoms with E-state index in [0.717, 1.165) is 10.2 Å². The number of halogens is 1. The Bertz CT molecular complexity index is 762. The Hall–Kier alpha value is -1.67. The van der Waals surface area contributed by atoms with Gasteiger partial charge in [-0.1, -0.05) is 0 Å². The van der Waals surface area contributed by atoms with Gasteiger partial charge >= 0.3 is 0 Å². The zero-order chi connectivity index (χ0) is 13.2. The molecule has 0 saturated heterocycles. The molecule has 0 fully saturated rings. The molecule has 19 heavy (non-hydrogen) atoms. The predicted molar refractivity (Wildman–Crippen MR) is 78.7 cm³/mol. The average molecular weight is 340 g/mol. The third kappa shape index (κ3) is 2.69. The molecule has 8 heteroatoms. The molecule has 0 radical (unpaired) electrons. The second-order valence-electron chi connectivity index (χ2n) is 3.93. The third-order valence-corrected chi connectivity index (χ3v) is 4.30. The summed E-state index contributed by atoms with van der Waals surface area (Å²) in [6, 6.07) is 4.10. The van der Waals surface area contributed by atoms with Crippen molar-refractivity contribution in [2.45, 2.75) is 6.42 Å². The normalized spacial score (nSPS) is 11.0. The summed E-state index contributed by atoms with van der Waals surface area (Å²) in [6.07, 6.45) is 2.34. The minimum Gasteiger partial charge on any atom is -0.355 e. The fourth-order valence-electron chi connectivity index (χ4n) is 1.72. The Morgan fingerprint density at radius 2 is 2.32 bits per heavy atom. The van der Waals surface area contributed by atoms with Gasteiger partial charge in [-0.2, -0.15) is 10.1 Å². The van der Waals surface area contributed by atoms with Crippen LogP contribution in [0.4, 0.5) is 5.95 Å². The molecule has 6 nitrogen and oxygen atoms in total. The number of aromatic nitrogens is 4. The van der Waals surface area contributed by atoms with Crippen molar-refractivity contribution < 1.29 is 0 Å². The molecule has 0 atom stereocenters. The molecule has 3 rings (SSSR count). The van der Waals surface area contributed by atoms with Crippen molar-refractivity contribution in [1.29, 1.82) is 0 Å². The Labute approximate surface area is 120 Å². The smallest absolute Gasteiger partial charge is 0.263 e. The lowest BCUT2D eigenvalue weighted by Crippen LogP contribution is -2.14. The molecule has 0 aliphatic heterocycles. The molecule has 0 unspecified atom stereocenters. The lowest BCUT2D eigenvalue weighted by Gasteiger charge is -2.03. The van der Waals surface area contributed by atoms with E-state index in [1.807, 2.05) is 6.07 Å². The SMILES string of the molecule is O=c1[nH]c(NCCc2ccc(Br)s2)nc2[nH]ncc12. The van der Waals surface area contributed by atoms with Gasteiger partial charge in [-0.05, 0) is 34.5 Å². The summed E-state index contributed by atoms with van der Waals surface area (Å²) in [6.45, 7) is 0.704. The first-order chi connectivity index (χ1) is 9.22. The average Bonchev–Trinajstić information content (AvgIpc) is 2.98. The zero-order valence-corrected chi connectivity index (χ0v) is 12.1. The van der Waals surface area contributed by atoms with Crippen LogP contribution in [0.5, 0.6) is 0 Å². The maximum absolute atomic E-state index is 11.7. The van der Waals surface area contributed by atoms with Crippen molar-refractivity contribution in [3.63, 3.8) is 0 Å². The molecule has 0 aliphatic rings. The van der Waals surface area contributed by atoms with Crippen LogP contribution in [0.15, 0.2) is 26.9 Å². The molecule has 0 amide bonds. The largest absolute Gasteiger partial charge is 0.355 e. The lowest BCUT2D eigenvalue weighted by molar-refractivity contribution is 0.996. The summed E-state index contributed by atoms with van der Waals surface area (Å²) >= 11 is 5.13. The van der Waals surface area contributed by atoms with E-state index in [-0.39, 0.29) is 5.56 Å². The molecular formula is C11H10BrN5OS. The lowest BCUT2D eigenvalue weighted by atomic mass is 10.3. The van der Waals surface area contributed by atoms with Gasteiger partial charge in [0.1, 0.15) is 5.39 Å². The highest BCUT2D eigenvalue weighted by atomic mass is 79.9. The Morgan fingerprint density at radius 3 is 3.11 bits per heavy atom. The van der Waals surface area contributed by atoms with Crippen LogP contribution in [0.3, 0.4) is 0 Å². The first-order valence-corrected chi connectivity index (χ1v) is 7.25. The molecule has 0 bridgehead atoms. The van der Waals surface area contributed by atoms with Gasteiger partial charge in [-0.25, -0.2) is 0 Å². The highest BCUT2D eigenvalue weighted by Gasteiger charge is 2.05. The van der Waals surface area contributed by atoms with E-state index in [9.17, 15) is 4.79 Å². The minimum atomic E-state index is -0.194. The van der Waals surface area contributed by atoms with Crippen LogP contribution >= 0.6 is 27.3 Å². The number of hydrogen-bond acceptors (Lipinski definition) is 5.